The summed E-state index contributed by atoms with van der Waals surface area (Å²) in [7, 11) is 1.77. The van der Waals surface area contributed by atoms with Crippen molar-refractivity contribution in [1.82, 2.24) is 0 Å². The summed E-state index contributed by atoms with van der Waals surface area (Å²) in [4.78, 5) is 13.9. The van der Waals surface area contributed by atoms with Gasteiger partial charge in [0, 0.05) is 19.0 Å². The first-order valence-corrected chi connectivity index (χ1v) is 5.70. The Balaban J connectivity index is 2.41. The number of carbonyl (C=O) groups excluding carboxylic acids is 1. The fourth-order valence-corrected chi connectivity index (χ4v) is 1.91. The lowest BCUT2D eigenvalue weighted by atomic mass is 9.85. The highest BCUT2D eigenvalue weighted by molar-refractivity contribution is 6.00. The highest BCUT2D eigenvalue weighted by Gasteiger charge is 2.41. The normalized spacial score (nSPS) is 19.9. The maximum atomic E-state index is 12.2. The van der Waals surface area contributed by atoms with Crippen molar-refractivity contribution >= 4 is 11.6 Å². The molecule has 0 aliphatic carbocycles. The number of hydrogen-bond acceptors (Lipinski definition) is 3. The molecule has 0 fully saturated rings. The van der Waals surface area contributed by atoms with Crippen molar-refractivity contribution in [3.63, 3.8) is 0 Å². The Morgan fingerprint density at radius 1 is 1.41 bits per heavy atom. The summed E-state index contributed by atoms with van der Waals surface area (Å²) in [5, 5.41) is 0. The van der Waals surface area contributed by atoms with Crippen LogP contribution in [0, 0.1) is 5.41 Å². The molecule has 1 aliphatic rings. The van der Waals surface area contributed by atoms with Crippen LogP contribution in [0.4, 0.5) is 5.69 Å². The lowest BCUT2D eigenvalue weighted by Crippen LogP contribution is -2.53. The van der Waals surface area contributed by atoms with Gasteiger partial charge < -0.3 is 15.4 Å². The predicted octanol–water partition coefficient (Wildman–Crippen LogP) is 1.40. The zero-order valence-electron chi connectivity index (χ0n) is 10.4. The van der Waals surface area contributed by atoms with Crippen LogP contribution >= 0.6 is 0 Å². The second-order valence-electron chi connectivity index (χ2n) is 5.06. The summed E-state index contributed by atoms with van der Waals surface area (Å²) in [6, 6.07) is 7.53. The lowest BCUT2D eigenvalue weighted by Gasteiger charge is -2.39. The quantitative estimate of drug-likeness (QED) is 0.841. The molecule has 0 saturated carbocycles. The fourth-order valence-electron chi connectivity index (χ4n) is 1.91. The summed E-state index contributed by atoms with van der Waals surface area (Å²) in [5.74, 6) is 0.695. The third-order valence-corrected chi connectivity index (χ3v) is 3.26. The van der Waals surface area contributed by atoms with Crippen molar-refractivity contribution in [1.29, 1.82) is 0 Å². The van der Waals surface area contributed by atoms with Gasteiger partial charge in [0.05, 0.1) is 5.69 Å². The molecule has 92 valence electrons. The first-order valence-electron chi connectivity index (χ1n) is 5.70. The van der Waals surface area contributed by atoms with E-state index in [1.165, 1.54) is 0 Å². The summed E-state index contributed by atoms with van der Waals surface area (Å²) in [6.45, 7) is 4.29. The number of anilines is 1. The van der Waals surface area contributed by atoms with Crippen LogP contribution in [0.2, 0.25) is 0 Å². The van der Waals surface area contributed by atoms with Crippen LogP contribution in [0.15, 0.2) is 24.3 Å². The van der Waals surface area contributed by atoms with E-state index in [1.54, 1.807) is 11.9 Å². The van der Waals surface area contributed by atoms with Gasteiger partial charge >= 0.3 is 0 Å². The number of benzene rings is 1. The lowest BCUT2D eigenvalue weighted by molar-refractivity contribution is -0.131. The van der Waals surface area contributed by atoms with Gasteiger partial charge in [-0.1, -0.05) is 26.0 Å². The standard InChI is InChI=1S/C13H18N2O2/c1-13(2,8-14)11-12(16)15(3)9-6-4-5-7-10(9)17-11/h4-7,11H,8,14H2,1-3H3. The zero-order valence-corrected chi connectivity index (χ0v) is 10.4. The third-order valence-electron chi connectivity index (χ3n) is 3.26. The number of carbonyl (C=O) groups is 1. The average molecular weight is 234 g/mol. The Kier molecular flexibility index (Phi) is 2.83. The van der Waals surface area contributed by atoms with E-state index in [1.807, 2.05) is 38.1 Å². The number of fused-ring (bicyclic) bond motifs is 1. The molecule has 2 rings (SSSR count). The molecule has 0 bridgehead atoms. The highest BCUT2D eigenvalue weighted by atomic mass is 16.5. The van der Waals surface area contributed by atoms with E-state index >= 15 is 0 Å². The minimum Gasteiger partial charge on any atom is -0.478 e. The molecule has 1 aromatic rings. The van der Waals surface area contributed by atoms with Gasteiger partial charge in [-0.05, 0) is 12.1 Å². The van der Waals surface area contributed by atoms with Gasteiger partial charge in [-0.25, -0.2) is 0 Å². The number of ether oxygens (including phenoxy) is 1. The molecule has 1 aliphatic heterocycles. The Bertz CT molecular complexity index is 443. The maximum absolute atomic E-state index is 12.2. The molecule has 0 saturated heterocycles. The van der Waals surface area contributed by atoms with E-state index in [4.69, 9.17) is 10.5 Å². The van der Waals surface area contributed by atoms with E-state index in [2.05, 4.69) is 0 Å². The number of para-hydroxylation sites is 2. The molecule has 17 heavy (non-hydrogen) atoms. The largest absolute Gasteiger partial charge is 0.478 e. The van der Waals surface area contributed by atoms with Crippen molar-refractivity contribution in [2.75, 3.05) is 18.5 Å². The van der Waals surface area contributed by atoms with Crippen LogP contribution in [0.5, 0.6) is 5.75 Å². The molecule has 0 radical (unpaired) electrons. The van der Waals surface area contributed by atoms with Crippen LogP contribution in [0.1, 0.15) is 13.8 Å². The monoisotopic (exact) mass is 234 g/mol. The number of amides is 1. The Morgan fingerprint density at radius 2 is 2.06 bits per heavy atom. The van der Waals surface area contributed by atoms with Crippen LogP contribution in [0.25, 0.3) is 0 Å². The van der Waals surface area contributed by atoms with E-state index in [0.717, 1.165) is 11.4 Å². The van der Waals surface area contributed by atoms with Crippen LogP contribution in [-0.2, 0) is 4.79 Å². The number of nitrogens with two attached hydrogens (primary N) is 1. The highest BCUT2D eigenvalue weighted by Crippen LogP contribution is 2.37. The second kappa shape index (κ2) is 4.04. The molecular weight excluding hydrogens is 216 g/mol. The van der Waals surface area contributed by atoms with E-state index in [9.17, 15) is 4.79 Å². The molecule has 0 aromatic heterocycles. The van der Waals surface area contributed by atoms with Crippen LogP contribution in [0.3, 0.4) is 0 Å². The molecule has 1 atom stereocenters. The van der Waals surface area contributed by atoms with E-state index in [0.29, 0.717) is 6.54 Å². The predicted molar refractivity (Wildman–Crippen MR) is 67.1 cm³/mol. The molecule has 1 heterocycles. The Hall–Kier alpha value is -1.55. The van der Waals surface area contributed by atoms with E-state index < -0.39 is 6.10 Å². The molecule has 4 nitrogen and oxygen atoms in total. The minimum absolute atomic E-state index is 0.0425. The summed E-state index contributed by atoms with van der Waals surface area (Å²) in [5.41, 5.74) is 6.14. The molecule has 4 heteroatoms. The fraction of sp³-hybridized carbons (Fsp3) is 0.462. The van der Waals surface area contributed by atoms with Crippen LogP contribution < -0.4 is 15.4 Å². The number of likely N-dealkylation sites (N-methyl/N-ethyl adjacent to an activating group) is 1. The zero-order chi connectivity index (χ0) is 12.6. The smallest absolute Gasteiger partial charge is 0.268 e. The topological polar surface area (TPSA) is 55.6 Å². The third kappa shape index (κ3) is 1.89. The average Bonchev–Trinajstić information content (AvgIpc) is 2.33. The van der Waals surface area contributed by atoms with Gasteiger partial charge in [-0.2, -0.15) is 0 Å². The summed E-state index contributed by atoms with van der Waals surface area (Å²) < 4.78 is 5.80. The maximum Gasteiger partial charge on any atom is 0.268 e. The van der Waals surface area contributed by atoms with Gasteiger partial charge in [0.15, 0.2) is 6.10 Å². The van der Waals surface area contributed by atoms with Gasteiger partial charge in [-0.15, -0.1) is 0 Å². The van der Waals surface area contributed by atoms with Gasteiger partial charge in [0.1, 0.15) is 5.75 Å². The first kappa shape index (κ1) is 11.9. The molecule has 1 aromatic carbocycles. The van der Waals surface area contributed by atoms with Gasteiger partial charge in [0.2, 0.25) is 0 Å². The number of hydrogen-bond donors (Lipinski definition) is 1. The van der Waals surface area contributed by atoms with Gasteiger partial charge in [-0.3, -0.25) is 4.79 Å². The Labute approximate surface area is 101 Å². The first-order chi connectivity index (χ1) is 7.97. The molecule has 2 N–H and O–H groups in total. The number of rotatable bonds is 2. The van der Waals surface area contributed by atoms with Crippen LogP contribution in [-0.4, -0.2) is 25.6 Å². The van der Waals surface area contributed by atoms with Gasteiger partial charge in [0.25, 0.3) is 5.91 Å². The molecule has 0 spiro atoms. The molecule has 1 amide bonds. The SMILES string of the molecule is CN1C(=O)C(C(C)(C)CN)Oc2ccccc21. The molecular formula is C13H18N2O2. The van der Waals surface area contributed by atoms with Crippen molar-refractivity contribution in [3.05, 3.63) is 24.3 Å². The summed E-state index contributed by atoms with van der Waals surface area (Å²) in [6.07, 6.45) is -0.521. The van der Waals surface area contributed by atoms with Crippen molar-refractivity contribution in [2.24, 2.45) is 11.1 Å². The van der Waals surface area contributed by atoms with E-state index in [-0.39, 0.29) is 11.3 Å². The Morgan fingerprint density at radius 3 is 2.71 bits per heavy atom. The summed E-state index contributed by atoms with van der Waals surface area (Å²) >= 11 is 0. The van der Waals surface area contributed by atoms with Crippen molar-refractivity contribution < 1.29 is 9.53 Å². The van der Waals surface area contributed by atoms with Crippen molar-refractivity contribution in [2.45, 2.75) is 20.0 Å². The second-order valence-corrected chi connectivity index (χ2v) is 5.06. The van der Waals surface area contributed by atoms with Crippen molar-refractivity contribution in [3.8, 4) is 5.75 Å². The minimum atomic E-state index is -0.521. The molecule has 1 unspecified atom stereocenters. The number of nitrogens with zero attached hydrogens (tertiary/aromatic N) is 1.